The van der Waals surface area contributed by atoms with Gasteiger partial charge in [0.15, 0.2) is 0 Å². The van der Waals surface area contributed by atoms with Crippen molar-refractivity contribution < 1.29 is 4.74 Å². The van der Waals surface area contributed by atoms with E-state index in [0.29, 0.717) is 5.95 Å². The summed E-state index contributed by atoms with van der Waals surface area (Å²) < 4.78 is 5.43. The number of aromatic nitrogens is 2. The van der Waals surface area contributed by atoms with E-state index in [-0.39, 0.29) is 0 Å². The molecule has 0 spiro atoms. The van der Waals surface area contributed by atoms with Crippen LogP contribution >= 0.6 is 0 Å². The fourth-order valence-electron chi connectivity index (χ4n) is 2.78. The van der Waals surface area contributed by atoms with Crippen molar-refractivity contribution >= 4 is 22.5 Å². The van der Waals surface area contributed by atoms with Crippen LogP contribution < -0.4 is 15.0 Å². The number of anilines is 2. The molecule has 2 heterocycles. The molecule has 1 aromatic carbocycles. The molecule has 5 nitrogen and oxygen atoms in total. The molecular weight excluding hydrogens is 252 g/mol. The highest BCUT2D eigenvalue weighted by molar-refractivity contribution is 5.95. The first-order valence-electron chi connectivity index (χ1n) is 7.10. The van der Waals surface area contributed by atoms with Crippen LogP contribution in [0.4, 0.5) is 11.6 Å². The lowest BCUT2D eigenvalue weighted by Crippen LogP contribution is -2.29. The molecule has 20 heavy (non-hydrogen) atoms. The summed E-state index contributed by atoms with van der Waals surface area (Å²) in [5.41, 5.74) is 2.08. The number of nitrogens with zero attached hydrogens (tertiary/aromatic N) is 3. The van der Waals surface area contributed by atoms with Crippen molar-refractivity contribution in [3.8, 4) is 5.75 Å². The minimum atomic E-state index is 0.617. The van der Waals surface area contributed by atoms with Gasteiger partial charge in [-0.2, -0.15) is 0 Å². The number of rotatable bonds is 3. The summed E-state index contributed by atoms with van der Waals surface area (Å²) >= 11 is 0. The van der Waals surface area contributed by atoms with Crippen molar-refractivity contribution in [2.45, 2.75) is 19.3 Å². The predicted molar refractivity (Wildman–Crippen MR) is 81.7 cm³/mol. The maximum atomic E-state index is 5.43. The fraction of sp³-hybridized carbons (Fsp3) is 0.467. The van der Waals surface area contributed by atoms with E-state index in [1.807, 2.05) is 19.3 Å². The van der Waals surface area contributed by atoms with Crippen LogP contribution in [0, 0.1) is 0 Å². The van der Waals surface area contributed by atoms with Gasteiger partial charge in [0.25, 0.3) is 0 Å². The van der Waals surface area contributed by atoms with Gasteiger partial charge in [0.2, 0.25) is 5.95 Å². The van der Waals surface area contributed by atoms with Crippen molar-refractivity contribution in [1.82, 2.24) is 9.97 Å². The Balaban J connectivity index is 2.13. The molecule has 0 saturated carbocycles. The summed E-state index contributed by atoms with van der Waals surface area (Å²) in [7, 11) is 3.50. The lowest BCUT2D eigenvalue weighted by molar-refractivity contribution is 0.419. The Morgan fingerprint density at radius 3 is 2.70 bits per heavy atom. The summed E-state index contributed by atoms with van der Waals surface area (Å²) in [5, 5.41) is 4.04. The van der Waals surface area contributed by atoms with Crippen molar-refractivity contribution in [3.63, 3.8) is 0 Å². The Hall–Kier alpha value is -2.04. The second-order valence-corrected chi connectivity index (χ2v) is 5.04. The molecule has 0 bridgehead atoms. The molecule has 1 N–H and O–H groups in total. The Kier molecular flexibility index (Phi) is 3.58. The summed E-state index contributed by atoms with van der Waals surface area (Å²) in [5.74, 6) is 1.41. The van der Waals surface area contributed by atoms with E-state index in [1.54, 1.807) is 7.11 Å². The van der Waals surface area contributed by atoms with Crippen molar-refractivity contribution in [1.29, 1.82) is 0 Å². The Morgan fingerprint density at radius 1 is 1.20 bits per heavy atom. The van der Waals surface area contributed by atoms with Crippen molar-refractivity contribution in [2.75, 3.05) is 37.5 Å². The number of benzene rings is 1. The molecule has 1 fully saturated rings. The topological polar surface area (TPSA) is 50.3 Å². The first-order chi connectivity index (χ1) is 9.83. The van der Waals surface area contributed by atoms with Crippen LogP contribution in [0.5, 0.6) is 5.75 Å². The average molecular weight is 272 g/mol. The normalized spacial score (nSPS) is 15.4. The Morgan fingerprint density at radius 2 is 2.00 bits per heavy atom. The second kappa shape index (κ2) is 5.53. The number of piperidine rings is 1. The average Bonchev–Trinajstić information content (AvgIpc) is 2.54. The molecule has 1 aromatic heterocycles. The molecule has 0 radical (unpaired) electrons. The smallest absolute Gasteiger partial charge is 0.223 e. The van der Waals surface area contributed by atoms with Crippen molar-refractivity contribution in [3.05, 3.63) is 18.3 Å². The van der Waals surface area contributed by atoms with Gasteiger partial charge in [-0.1, -0.05) is 0 Å². The van der Waals surface area contributed by atoms with Gasteiger partial charge in [-0.15, -0.1) is 0 Å². The van der Waals surface area contributed by atoms with Gasteiger partial charge < -0.3 is 15.0 Å². The monoisotopic (exact) mass is 272 g/mol. The van der Waals surface area contributed by atoms with Gasteiger partial charge in [-0.3, -0.25) is 0 Å². The molecule has 1 aliphatic heterocycles. The van der Waals surface area contributed by atoms with E-state index in [4.69, 9.17) is 4.74 Å². The van der Waals surface area contributed by atoms with E-state index < -0.39 is 0 Å². The molecule has 5 heteroatoms. The number of nitrogens with one attached hydrogen (secondary N) is 1. The van der Waals surface area contributed by atoms with Gasteiger partial charge >= 0.3 is 0 Å². The van der Waals surface area contributed by atoms with E-state index in [9.17, 15) is 0 Å². The molecule has 1 saturated heterocycles. The highest BCUT2D eigenvalue weighted by Gasteiger charge is 2.16. The zero-order valence-corrected chi connectivity index (χ0v) is 12.0. The number of hydrogen-bond donors (Lipinski definition) is 1. The van der Waals surface area contributed by atoms with Crippen LogP contribution in [0.2, 0.25) is 0 Å². The number of hydrogen-bond acceptors (Lipinski definition) is 5. The zero-order valence-electron chi connectivity index (χ0n) is 12.0. The van der Waals surface area contributed by atoms with Crippen LogP contribution in [0.25, 0.3) is 10.9 Å². The first kappa shape index (κ1) is 13.0. The first-order valence-corrected chi connectivity index (χ1v) is 7.10. The second-order valence-electron chi connectivity index (χ2n) is 5.04. The van der Waals surface area contributed by atoms with Crippen LogP contribution in [-0.2, 0) is 0 Å². The number of fused-ring (bicyclic) bond motifs is 1. The highest BCUT2D eigenvalue weighted by atomic mass is 16.5. The zero-order chi connectivity index (χ0) is 13.9. The van der Waals surface area contributed by atoms with Crippen molar-refractivity contribution in [2.24, 2.45) is 0 Å². The van der Waals surface area contributed by atoms with E-state index in [2.05, 4.69) is 26.3 Å². The third-order valence-electron chi connectivity index (χ3n) is 3.83. The molecule has 3 rings (SSSR count). The number of methoxy groups -OCH3 is 1. The van der Waals surface area contributed by atoms with Gasteiger partial charge in [0.1, 0.15) is 11.3 Å². The standard InChI is InChI=1S/C15H20N4O/c1-16-15-17-10-11-12(19-8-4-3-5-9-19)6-7-13(20-2)14(11)18-15/h6-7,10H,3-5,8-9H2,1-2H3,(H,16,17,18). The summed E-state index contributed by atoms with van der Waals surface area (Å²) in [6.07, 6.45) is 5.72. The third kappa shape index (κ3) is 2.24. The minimum absolute atomic E-state index is 0.617. The largest absolute Gasteiger partial charge is 0.494 e. The lowest BCUT2D eigenvalue weighted by atomic mass is 10.1. The maximum Gasteiger partial charge on any atom is 0.223 e. The van der Waals surface area contributed by atoms with E-state index in [0.717, 1.165) is 29.7 Å². The van der Waals surface area contributed by atoms with Gasteiger partial charge in [0, 0.05) is 37.4 Å². The minimum Gasteiger partial charge on any atom is -0.494 e. The highest BCUT2D eigenvalue weighted by Crippen LogP contribution is 2.33. The Bertz CT molecular complexity index is 608. The van der Waals surface area contributed by atoms with Gasteiger partial charge in [-0.05, 0) is 31.4 Å². The predicted octanol–water partition coefficient (Wildman–Crippen LogP) is 2.67. The molecule has 0 unspecified atom stereocenters. The molecular formula is C15H20N4O. The van der Waals surface area contributed by atoms with Crippen LogP contribution in [0.15, 0.2) is 18.3 Å². The molecule has 106 valence electrons. The van der Waals surface area contributed by atoms with Crippen LogP contribution in [0.3, 0.4) is 0 Å². The van der Waals surface area contributed by atoms with Crippen LogP contribution in [0.1, 0.15) is 19.3 Å². The Labute approximate surface area is 119 Å². The summed E-state index contributed by atoms with van der Waals surface area (Å²) in [6.45, 7) is 2.21. The summed E-state index contributed by atoms with van der Waals surface area (Å²) in [6, 6.07) is 4.12. The maximum absolute atomic E-state index is 5.43. The molecule has 2 aromatic rings. The molecule has 0 aliphatic carbocycles. The van der Waals surface area contributed by atoms with Gasteiger partial charge in [0.05, 0.1) is 7.11 Å². The molecule has 0 atom stereocenters. The number of ether oxygens (including phenoxy) is 1. The van der Waals surface area contributed by atoms with E-state index >= 15 is 0 Å². The van der Waals surface area contributed by atoms with E-state index in [1.165, 1.54) is 24.9 Å². The molecule has 1 aliphatic rings. The molecule has 0 amide bonds. The fourth-order valence-corrected chi connectivity index (χ4v) is 2.78. The summed E-state index contributed by atoms with van der Waals surface area (Å²) in [4.78, 5) is 11.3. The lowest BCUT2D eigenvalue weighted by Gasteiger charge is -2.29. The van der Waals surface area contributed by atoms with Crippen LogP contribution in [-0.4, -0.2) is 37.2 Å². The third-order valence-corrected chi connectivity index (χ3v) is 3.83. The van der Waals surface area contributed by atoms with Gasteiger partial charge in [-0.25, -0.2) is 9.97 Å². The SMILES string of the molecule is CNc1ncc2c(N3CCCCC3)ccc(OC)c2n1. The quantitative estimate of drug-likeness (QED) is 0.931.